The van der Waals surface area contributed by atoms with Crippen molar-refractivity contribution in [3.05, 3.63) is 59.5 Å². The molecule has 0 bridgehead atoms. The van der Waals surface area contributed by atoms with E-state index in [1.165, 1.54) is 21.0 Å². The summed E-state index contributed by atoms with van der Waals surface area (Å²) in [4.78, 5) is 2.46. The van der Waals surface area contributed by atoms with Crippen molar-refractivity contribution in [3.8, 4) is 0 Å². The Morgan fingerprint density at radius 1 is 1.15 bits per heavy atom. The predicted molar refractivity (Wildman–Crippen MR) is 104 cm³/mol. The Kier molecular flexibility index (Phi) is 4.88. The predicted octanol–water partition coefficient (Wildman–Crippen LogP) is 2.44. The maximum atomic E-state index is 12.5. The van der Waals surface area contributed by atoms with Gasteiger partial charge in [0.05, 0.1) is 12.5 Å². The molecule has 146 valence electrons. The lowest BCUT2D eigenvalue weighted by molar-refractivity contribution is 0.120. The zero-order valence-electron chi connectivity index (χ0n) is 16.0. The molecule has 0 N–H and O–H groups in total. The second-order valence-corrected chi connectivity index (χ2v) is 10.0. The third kappa shape index (κ3) is 3.45. The summed E-state index contributed by atoms with van der Waals surface area (Å²) in [5.74, 6) is 0. The molecule has 0 atom stereocenters. The van der Waals surface area contributed by atoms with Crippen LogP contribution in [0, 0.1) is 0 Å². The highest BCUT2D eigenvalue weighted by Crippen LogP contribution is 2.42. The van der Waals surface area contributed by atoms with Crippen LogP contribution in [0.15, 0.2) is 47.3 Å². The quantitative estimate of drug-likeness (QED) is 0.806. The Hall–Kier alpha value is -1.67. The smallest absolute Gasteiger partial charge is 0.281 e. The van der Waals surface area contributed by atoms with Gasteiger partial charge in [-0.2, -0.15) is 17.0 Å². The maximum absolute atomic E-state index is 12.5. The topological polar surface area (TPSA) is 57.0 Å². The maximum Gasteiger partial charge on any atom is 0.281 e. The van der Waals surface area contributed by atoms with E-state index in [9.17, 15) is 8.42 Å². The van der Waals surface area contributed by atoms with Crippen LogP contribution in [0.5, 0.6) is 0 Å². The molecule has 2 aliphatic rings. The number of hydrogen-bond donors (Lipinski definition) is 0. The summed E-state index contributed by atoms with van der Waals surface area (Å²) in [6, 6.07) is 10.7. The van der Waals surface area contributed by atoms with Gasteiger partial charge in [0.15, 0.2) is 0 Å². The van der Waals surface area contributed by atoms with E-state index in [1.54, 1.807) is 30.9 Å². The van der Waals surface area contributed by atoms with Crippen molar-refractivity contribution in [2.24, 2.45) is 0 Å². The molecule has 1 spiro atoms. The van der Waals surface area contributed by atoms with Crippen molar-refractivity contribution in [1.29, 1.82) is 0 Å². The van der Waals surface area contributed by atoms with Crippen LogP contribution < -0.4 is 0 Å². The first-order chi connectivity index (χ1) is 12.9. The average molecular weight is 390 g/mol. The zero-order valence-corrected chi connectivity index (χ0v) is 16.8. The van der Waals surface area contributed by atoms with E-state index in [0.29, 0.717) is 13.1 Å². The average Bonchev–Trinajstić information content (AvgIpc) is 3.15. The summed E-state index contributed by atoms with van der Waals surface area (Å²) in [6.07, 6.45) is 5.21. The van der Waals surface area contributed by atoms with E-state index in [4.69, 9.17) is 4.42 Å². The normalized spacial score (nSPS) is 20.9. The first-order valence-corrected chi connectivity index (χ1v) is 10.8. The van der Waals surface area contributed by atoms with Crippen molar-refractivity contribution >= 4 is 10.2 Å². The summed E-state index contributed by atoms with van der Waals surface area (Å²) < 4.78 is 33.2. The molecule has 2 aromatic rings. The molecule has 7 heteroatoms. The molecule has 3 heterocycles. The van der Waals surface area contributed by atoms with Crippen molar-refractivity contribution in [2.75, 3.05) is 33.7 Å². The van der Waals surface area contributed by atoms with Crippen LogP contribution >= 0.6 is 0 Å². The van der Waals surface area contributed by atoms with E-state index in [2.05, 4.69) is 29.2 Å². The second-order valence-electron chi connectivity index (χ2n) is 7.90. The van der Waals surface area contributed by atoms with Gasteiger partial charge in [-0.15, -0.1) is 0 Å². The summed E-state index contributed by atoms with van der Waals surface area (Å²) in [5, 5.41) is 0. The van der Waals surface area contributed by atoms with E-state index < -0.39 is 10.2 Å². The number of fused-ring (bicyclic) bond motifs is 2. The van der Waals surface area contributed by atoms with Gasteiger partial charge in [0, 0.05) is 57.8 Å². The Labute approximate surface area is 161 Å². The first kappa shape index (κ1) is 18.7. The summed E-state index contributed by atoms with van der Waals surface area (Å²) in [6.45, 7) is 3.85. The largest absolute Gasteiger partial charge is 0.472 e. The lowest BCUT2D eigenvalue weighted by Crippen LogP contribution is -2.54. The van der Waals surface area contributed by atoms with Gasteiger partial charge < -0.3 is 4.42 Å². The molecule has 4 rings (SSSR count). The standard InChI is InChI=1S/C20H27N3O3S/c1-21(2)27(24,25)23-10-8-20(9-11-23)16-22(13-17-7-12-26-15-17)14-18-5-3-4-6-19(18)20/h3-7,12,15H,8-11,13-14,16H2,1-2H3. The van der Waals surface area contributed by atoms with E-state index >= 15 is 0 Å². The fraction of sp³-hybridized carbons (Fsp3) is 0.500. The van der Waals surface area contributed by atoms with Crippen LogP contribution in [0.1, 0.15) is 29.5 Å². The number of rotatable bonds is 4. The lowest BCUT2D eigenvalue weighted by Gasteiger charge is -2.48. The fourth-order valence-corrected chi connectivity index (χ4v) is 5.65. The highest BCUT2D eigenvalue weighted by molar-refractivity contribution is 7.86. The molecule has 0 aliphatic carbocycles. The summed E-state index contributed by atoms with van der Waals surface area (Å²) in [7, 11) is -0.148. The molecule has 0 unspecified atom stereocenters. The fourth-order valence-electron chi connectivity index (χ4n) is 4.54. The Morgan fingerprint density at radius 2 is 1.89 bits per heavy atom. The van der Waals surface area contributed by atoms with Crippen LogP contribution in [-0.2, 0) is 28.7 Å². The Balaban J connectivity index is 1.59. The SMILES string of the molecule is CN(C)S(=O)(=O)N1CCC2(CC1)CN(Cc1ccoc1)Cc1ccccc12. The Morgan fingerprint density at radius 3 is 2.56 bits per heavy atom. The molecule has 27 heavy (non-hydrogen) atoms. The van der Waals surface area contributed by atoms with Gasteiger partial charge in [0.2, 0.25) is 0 Å². The zero-order chi connectivity index (χ0) is 19.1. The van der Waals surface area contributed by atoms with E-state index in [-0.39, 0.29) is 5.41 Å². The van der Waals surface area contributed by atoms with Crippen molar-refractivity contribution in [1.82, 2.24) is 13.5 Å². The minimum atomic E-state index is -3.35. The summed E-state index contributed by atoms with van der Waals surface area (Å²) in [5.41, 5.74) is 3.94. The highest BCUT2D eigenvalue weighted by Gasteiger charge is 2.44. The molecule has 0 amide bonds. The molecule has 1 aromatic carbocycles. The summed E-state index contributed by atoms with van der Waals surface area (Å²) >= 11 is 0. The molecule has 0 saturated carbocycles. The molecular formula is C20H27N3O3S. The van der Waals surface area contributed by atoms with Crippen molar-refractivity contribution in [2.45, 2.75) is 31.3 Å². The van der Waals surface area contributed by atoms with Crippen molar-refractivity contribution in [3.63, 3.8) is 0 Å². The van der Waals surface area contributed by atoms with Gasteiger partial charge in [-0.25, -0.2) is 0 Å². The first-order valence-electron chi connectivity index (χ1n) is 9.40. The van der Waals surface area contributed by atoms with E-state index in [0.717, 1.165) is 32.5 Å². The van der Waals surface area contributed by atoms with Gasteiger partial charge >= 0.3 is 0 Å². The Bertz CT molecular complexity index is 885. The van der Waals surface area contributed by atoms with Gasteiger partial charge in [0.25, 0.3) is 10.2 Å². The van der Waals surface area contributed by atoms with Crippen LogP contribution in [0.25, 0.3) is 0 Å². The number of hydrogen-bond acceptors (Lipinski definition) is 4. The minimum Gasteiger partial charge on any atom is -0.472 e. The van der Waals surface area contributed by atoms with Gasteiger partial charge in [-0.1, -0.05) is 24.3 Å². The number of benzene rings is 1. The number of piperidine rings is 1. The van der Waals surface area contributed by atoms with Gasteiger partial charge in [-0.05, 0) is 30.0 Å². The molecular weight excluding hydrogens is 362 g/mol. The lowest BCUT2D eigenvalue weighted by atomic mass is 9.69. The van der Waals surface area contributed by atoms with Crippen LogP contribution in [0.2, 0.25) is 0 Å². The molecule has 0 radical (unpaired) electrons. The van der Waals surface area contributed by atoms with Gasteiger partial charge in [0.1, 0.15) is 0 Å². The number of nitrogens with zero attached hydrogens (tertiary/aromatic N) is 3. The molecule has 2 aliphatic heterocycles. The van der Waals surface area contributed by atoms with Crippen LogP contribution in [0.3, 0.4) is 0 Å². The third-order valence-corrected chi connectivity index (χ3v) is 7.90. The number of furan rings is 1. The van der Waals surface area contributed by atoms with Crippen LogP contribution in [-0.4, -0.2) is 55.7 Å². The molecule has 6 nitrogen and oxygen atoms in total. The van der Waals surface area contributed by atoms with Crippen molar-refractivity contribution < 1.29 is 12.8 Å². The second kappa shape index (κ2) is 7.05. The van der Waals surface area contributed by atoms with Crippen LogP contribution in [0.4, 0.5) is 0 Å². The molecule has 1 fully saturated rings. The molecule has 1 saturated heterocycles. The highest BCUT2D eigenvalue weighted by atomic mass is 32.2. The van der Waals surface area contributed by atoms with Gasteiger partial charge in [-0.3, -0.25) is 4.90 Å². The van der Waals surface area contributed by atoms with E-state index in [1.807, 2.05) is 6.07 Å². The third-order valence-electron chi connectivity index (χ3n) is 5.96. The minimum absolute atomic E-state index is 0.0108. The monoisotopic (exact) mass is 389 g/mol. The molecule has 1 aromatic heterocycles.